The van der Waals surface area contributed by atoms with Gasteiger partial charge in [0.1, 0.15) is 0 Å². The normalized spacial score (nSPS) is 11.2. The summed E-state index contributed by atoms with van der Waals surface area (Å²) >= 11 is 3.39. The summed E-state index contributed by atoms with van der Waals surface area (Å²) in [6.45, 7) is 3.63. The molecule has 0 aromatic carbocycles. The summed E-state index contributed by atoms with van der Waals surface area (Å²) in [6, 6.07) is 0. The van der Waals surface area contributed by atoms with Crippen molar-refractivity contribution >= 4 is 11.9 Å². The average Bonchev–Trinajstić information content (AvgIpc) is 2.48. The molecule has 22 heavy (non-hydrogen) atoms. The Hall–Kier alpha value is 0.210. The number of quaternary nitrogens is 1. The molecule has 0 rings (SSSR count). The first kappa shape index (κ1) is 24.5. The molecule has 0 spiro atoms. The predicted octanol–water partition coefficient (Wildman–Crippen LogP) is 5.67. The summed E-state index contributed by atoms with van der Waals surface area (Å²) in [7, 11) is 6.88. The molecule has 0 aromatic heterocycles. The summed E-state index contributed by atoms with van der Waals surface area (Å²) in [5.41, 5.74) is 0. The van der Waals surface area contributed by atoms with Crippen LogP contribution >= 0.6 is 11.9 Å². The minimum atomic E-state index is 1.12. The molecule has 136 valence electrons. The van der Waals surface area contributed by atoms with Gasteiger partial charge in [0.15, 0.2) is 0 Å². The maximum absolute atomic E-state index is 7.72. The van der Waals surface area contributed by atoms with Gasteiger partial charge in [-0.1, -0.05) is 84.0 Å². The molecule has 0 saturated heterocycles. The Balaban J connectivity index is 0. The summed E-state index contributed by atoms with van der Waals surface area (Å²) in [5.74, 6) is 0. The van der Waals surface area contributed by atoms with Gasteiger partial charge >= 0.3 is 0 Å². The Labute approximate surface area is 146 Å². The van der Waals surface area contributed by atoms with E-state index in [1.807, 2.05) is 0 Å². The second-order valence-electron chi connectivity index (χ2n) is 7.61. The van der Waals surface area contributed by atoms with Gasteiger partial charge in [-0.2, -0.15) is 0 Å². The number of rotatable bonds is 15. The van der Waals surface area contributed by atoms with Crippen LogP contribution in [0.5, 0.6) is 0 Å². The van der Waals surface area contributed by atoms with Crippen molar-refractivity contribution < 1.29 is 9.14 Å². The second-order valence-corrected chi connectivity index (χ2v) is 7.61. The number of halogens is 1. The molecule has 0 bridgehead atoms. The molecular formula is C19H42ClNO. The van der Waals surface area contributed by atoms with Gasteiger partial charge in [0.05, 0.1) is 27.7 Å². The summed E-state index contributed by atoms with van der Waals surface area (Å²) in [6.07, 6.45) is 20.4. The van der Waals surface area contributed by atoms with Crippen LogP contribution in [0.1, 0.15) is 96.8 Å². The van der Waals surface area contributed by atoms with Crippen LogP contribution in [0.15, 0.2) is 0 Å². The third kappa shape index (κ3) is 25.2. The van der Waals surface area contributed by atoms with Crippen molar-refractivity contribution in [3.8, 4) is 0 Å². The largest absolute Gasteiger partial charge is 0.769 e. The van der Waals surface area contributed by atoms with Gasteiger partial charge in [0.25, 0.3) is 0 Å². The van der Waals surface area contributed by atoms with E-state index >= 15 is 0 Å². The highest BCUT2D eigenvalue weighted by Gasteiger charge is 2.04. The van der Waals surface area contributed by atoms with Crippen molar-refractivity contribution in [3.05, 3.63) is 0 Å². The Morgan fingerprint density at radius 3 is 1.09 bits per heavy atom. The number of hydrogen-bond acceptors (Lipinski definition) is 1. The van der Waals surface area contributed by atoms with Crippen LogP contribution in [0.4, 0.5) is 0 Å². The maximum atomic E-state index is 7.72. The topological polar surface area (TPSA) is 23.1 Å². The van der Waals surface area contributed by atoms with Gasteiger partial charge in [0.2, 0.25) is 0 Å². The van der Waals surface area contributed by atoms with E-state index in [4.69, 9.17) is 4.66 Å². The molecule has 0 aliphatic rings. The number of hydrogen-bond donors (Lipinski definition) is 0. The maximum Gasteiger partial charge on any atom is 0.0780 e. The molecule has 0 amide bonds. The molecule has 0 unspecified atom stereocenters. The molecule has 0 fully saturated rings. The SMILES string of the molecule is CCCCCCCCCCCCCCCC[N+](C)(C)C.[O-]Cl. The van der Waals surface area contributed by atoms with E-state index in [-0.39, 0.29) is 0 Å². The van der Waals surface area contributed by atoms with Crippen LogP contribution in [0.3, 0.4) is 0 Å². The van der Waals surface area contributed by atoms with E-state index in [2.05, 4.69) is 39.9 Å². The number of unbranched alkanes of at least 4 members (excludes halogenated alkanes) is 13. The molecule has 0 radical (unpaired) electrons. The highest BCUT2D eigenvalue weighted by Crippen LogP contribution is 2.13. The predicted molar refractivity (Wildman–Crippen MR) is 99.1 cm³/mol. The van der Waals surface area contributed by atoms with E-state index in [1.165, 1.54) is 96.4 Å². The highest BCUT2D eigenvalue weighted by atomic mass is 35.5. The Morgan fingerprint density at radius 1 is 0.545 bits per heavy atom. The smallest absolute Gasteiger partial charge is 0.0780 e. The van der Waals surface area contributed by atoms with Gasteiger partial charge in [-0.25, -0.2) is 11.9 Å². The molecule has 0 aliphatic carbocycles. The van der Waals surface area contributed by atoms with Crippen molar-refractivity contribution in [2.24, 2.45) is 0 Å². The van der Waals surface area contributed by atoms with Crippen molar-refractivity contribution in [3.63, 3.8) is 0 Å². The van der Waals surface area contributed by atoms with Gasteiger partial charge in [0, 0.05) is 0 Å². The van der Waals surface area contributed by atoms with Crippen LogP contribution in [0.2, 0.25) is 0 Å². The van der Waals surface area contributed by atoms with Crippen molar-refractivity contribution in [2.45, 2.75) is 96.8 Å². The fraction of sp³-hybridized carbons (Fsp3) is 1.00. The molecule has 2 nitrogen and oxygen atoms in total. The fourth-order valence-electron chi connectivity index (χ4n) is 2.78. The average molecular weight is 336 g/mol. The zero-order valence-electron chi connectivity index (χ0n) is 15.8. The van der Waals surface area contributed by atoms with E-state index in [0.29, 0.717) is 0 Å². The molecule has 0 atom stereocenters. The summed E-state index contributed by atoms with van der Waals surface area (Å²) < 4.78 is 8.85. The Kier molecular flexibility index (Phi) is 21.4. The minimum absolute atomic E-state index is 1.12. The van der Waals surface area contributed by atoms with Crippen LogP contribution in [0.25, 0.3) is 0 Å². The lowest BCUT2D eigenvalue weighted by Gasteiger charge is -2.23. The highest BCUT2D eigenvalue weighted by molar-refractivity contribution is 6.02. The lowest BCUT2D eigenvalue weighted by Crippen LogP contribution is -2.35. The van der Waals surface area contributed by atoms with Gasteiger partial charge in [-0.05, 0) is 12.8 Å². The second kappa shape index (κ2) is 19.3. The Morgan fingerprint density at radius 2 is 0.818 bits per heavy atom. The zero-order valence-corrected chi connectivity index (χ0v) is 16.6. The van der Waals surface area contributed by atoms with E-state index in [9.17, 15) is 0 Å². The fourth-order valence-corrected chi connectivity index (χ4v) is 2.78. The summed E-state index contributed by atoms with van der Waals surface area (Å²) in [4.78, 5) is 0. The van der Waals surface area contributed by atoms with E-state index in [0.717, 1.165) is 4.48 Å². The van der Waals surface area contributed by atoms with E-state index < -0.39 is 0 Å². The molecule has 0 N–H and O–H groups in total. The standard InChI is InChI=1S/C19H42N.ClO/c1-5-6-7-8-9-10-11-12-13-14-15-16-17-18-19-20(2,3)4;1-2/h5-19H2,1-4H3;/q+1;-1. The zero-order chi connectivity index (χ0) is 17.1. The van der Waals surface area contributed by atoms with Crippen molar-refractivity contribution in [2.75, 3.05) is 27.7 Å². The van der Waals surface area contributed by atoms with Gasteiger partial charge in [-0.3, -0.25) is 0 Å². The summed E-state index contributed by atoms with van der Waals surface area (Å²) in [5, 5.41) is 0. The number of nitrogens with zero attached hydrogens (tertiary/aromatic N) is 1. The minimum Gasteiger partial charge on any atom is -0.769 e. The monoisotopic (exact) mass is 335 g/mol. The van der Waals surface area contributed by atoms with Gasteiger partial charge < -0.3 is 9.14 Å². The molecule has 0 heterocycles. The van der Waals surface area contributed by atoms with Crippen LogP contribution < -0.4 is 4.66 Å². The molecule has 0 aromatic rings. The quantitative estimate of drug-likeness (QED) is 0.279. The van der Waals surface area contributed by atoms with Crippen LogP contribution in [-0.4, -0.2) is 32.2 Å². The molecule has 0 saturated carbocycles. The van der Waals surface area contributed by atoms with Crippen molar-refractivity contribution in [1.29, 1.82) is 0 Å². The third-order valence-electron chi connectivity index (χ3n) is 4.18. The van der Waals surface area contributed by atoms with Crippen molar-refractivity contribution in [1.82, 2.24) is 0 Å². The van der Waals surface area contributed by atoms with Crippen LogP contribution in [0, 0.1) is 0 Å². The van der Waals surface area contributed by atoms with Crippen LogP contribution in [-0.2, 0) is 0 Å². The third-order valence-corrected chi connectivity index (χ3v) is 4.18. The molecular weight excluding hydrogens is 294 g/mol. The molecule has 3 heteroatoms. The van der Waals surface area contributed by atoms with E-state index in [1.54, 1.807) is 0 Å². The lowest BCUT2D eigenvalue weighted by molar-refractivity contribution is -0.870. The lowest BCUT2D eigenvalue weighted by atomic mass is 10.0. The Bertz CT molecular complexity index is 192. The molecule has 0 aliphatic heterocycles. The first-order chi connectivity index (χ1) is 10.6. The first-order valence-electron chi connectivity index (χ1n) is 9.52. The van der Waals surface area contributed by atoms with Gasteiger partial charge in [-0.15, -0.1) is 0 Å². The first-order valence-corrected chi connectivity index (χ1v) is 9.83.